The van der Waals surface area contributed by atoms with E-state index in [1.54, 1.807) is 13.0 Å². The Bertz CT molecular complexity index is 534. The summed E-state index contributed by atoms with van der Waals surface area (Å²) in [4.78, 5) is 11.2. The molecule has 0 radical (unpaired) electrons. The summed E-state index contributed by atoms with van der Waals surface area (Å²) in [6.07, 6.45) is 0.708. The number of nitrogens with zero attached hydrogens (tertiary/aromatic N) is 1. The molecule has 5 nitrogen and oxygen atoms in total. The molecule has 1 N–H and O–H groups in total. The number of fused-ring (bicyclic) bond motifs is 1. The van der Waals surface area contributed by atoms with E-state index in [1.807, 2.05) is 0 Å². The number of carbonyl (C=O) groups is 1. The molecule has 7 heteroatoms. The third kappa shape index (κ3) is 3.14. The van der Waals surface area contributed by atoms with Crippen molar-refractivity contribution in [2.24, 2.45) is 5.10 Å². The molecule has 0 aliphatic carbocycles. The number of hydrogen-bond donors (Lipinski definition) is 1. The minimum absolute atomic E-state index is 0.131. The lowest BCUT2D eigenvalue weighted by Crippen LogP contribution is -2.13. The molecule has 1 aromatic rings. The molecule has 0 amide bonds. The van der Waals surface area contributed by atoms with E-state index >= 15 is 0 Å². The summed E-state index contributed by atoms with van der Waals surface area (Å²) in [5, 5.41) is 3.19. The molecule has 1 aliphatic heterocycles. The highest BCUT2D eigenvalue weighted by atomic mass is 35.5. The number of hydrogen-bond acceptors (Lipinski definition) is 5. The summed E-state index contributed by atoms with van der Waals surface area (Å²) in [5.41, 5.74) is 3.42. The molecule has 0 unspecified atom stereocenters. The van der Waals surface area contributed by atoms with Gasteiger partial charge in [0.15, 0.2) is 5.82 Å². The highest BCUT2D eigenvalue weighted by molar-refractivity contribution is 6.82. The van der Waals surface area contributed by atoms with Crippen LogP contribution in [0.4, 0.5) is 10.1 Å². The van der Waals surface area contributed by atoms with Crippen molar-refractivity contribution in [3.05, 3.63) is 23.5 Å². The molecular weight excluding hydrogens is 275 g/mol. The van der Waals surface area contributed by atoms with Crippen LogP contribution in [0.5, 0.6) is 5.75 Å². The maximum absolute atomic E-state index is 13.7. The van der Waals surface area contributed by atoms with Gasteiger partial charge in [0, 0.05) is 12.5 Å². The Morgan fingerprint density at radius 1 is 1.63 bits per heavy atom. The molecule has 0 fully saturated rings. The summed E-state index contributed by atoms with van der Waals surface area (Å²) in [5.74, 6) is -0.761. The maximum Gasteiger partial charge on any atom is 0.370 e. The Hall–Kier alpha value is -1.82. The second-order valence-corrected chi connectivity index (χ2v) is 4.13. The first-order valence-corrected chi connectivity index (χ1v) is 6.11. The zero-order chi connectivity index (χ0) is 13.8. The largest absolute Gasteiger partial charge is 0.493 e. The number of halogens is 2. The molecule has 1 heterocycles. The van der Waals surface area contributed by atoms with Crippen LogP contribution in [-0.4, -0.2) is 24.4 Å². The van der Waals surface area contributed by atoms with Gasteiger partial charge in [0.1, 0.15) is 5.75 Å². The Morgan fingerprint density at radius 2 is 2.42 bits per heavy atom. The molecule has 0 atom stereocenters. The minimum Gasteiger partial charge on any atom is -0.493 e. The Balaban J connectivity index is 2.11. The first-order chi connectivity index (χ1) is 9.11. The van der Waals surface area contributed by atoms with E-state index in [9.17, 15) is 9.18 Å². The summed E-state index contributed by atoms with van der Waals surface area (Å²) in [7, 11) is 0. The number of benzene rings is 1. The van der Waals surface area contributed by atoms with Crippen molar-refractivity contribution in [3.8, 4) is 5.75 Å². The average molecular weight is 287 g/mol. The highest BCUT2D eigenvalue weighted by Crippen LogP contribution is 2.30. The Labute approximate surface area is 114 Å². The maximum atomic E-state index is 13.7. The lowest BCUT2D eigenvalue weighted by atomic mass is 10.1. The molecule has 0 bridgehead atoms. The van der Waals surface area contributed by atoms with Crippen molar-refractivity contribution in [2.75, 3.05) is 18.6 Å². The van der Waals surface area contributed by atoms with Crippen LogP contribution in [0.2, 0.25) is 0 Å². The zero-order valence-corrected chi connectivity index (χ0v) is 11.0. The van der Waals surface area contributed by atoms with Gasteiger partial charge in [0.2, 0.25) is 5.17 Å². The fraction of sp³-hybridized carbons (Fsp3) is 0.333. The van der Waals surface area contributed by atoms with E-state index < -0.39 is 17.0 Å². The number of hydrazone groups is 1. The lowest BCUT2D eigenvalue weighted by Gasteiger charge is -2.06. The fourth-order valence-electron chi connectivity index (χ4n) is 1.63. The van der Waals surface area contributed by atoms with Crippen LogP contribution < -0.4 is 10.2 Å². The molecular formula is C12H12ClFN2O3. The summed E-state index contributed by atoms with van der Waals surface area (Å²) in [6, 6.07) is 2.86. The van der Waals surface area contributed by atoms with Gasteiger partial charge in [-0.2, -0.15) is 5.10 Å². The summed E-state index contributed by atoms with van der Waals surface area (Å²) < 4.78 is 23.5. The lowest BCUT2D eigenvalue weighted by molar-refractivity contribution is -0.134. The molecule has 19 heavy (non-hydrogen) atoms. The van der Waals surface area contributed by atoms with Crippen LogP contribution in [0.3, 0.4) is 0 Å². The molecule has 0 saturated heterocycles. The van der Waals surface area contributed by atoms with Crippen molar-refractivity contribution >= 4 is 28.4 Å². The first kappa shape index (κ1) is 13.6. The topological polar surface area (TPSA) is 59.9 Å². The molecule has 0 saturated carbocycles. The van der Waals surface area contributed by atoms with E-state index in [0.29, 0.717) is 18.8 Å². The SMILES string of the molecule is CCOC(=O)C(Cl)=NNc1cc2c(cc1F)OCC2. The van der Waals surface area contributed by atoms with Gasteiger partial charge in [-0.3, -0.25) is 5.43 Å². The predicted octanol–water partition coefficient (Wildman–Crippen LogP) is 2.29. The number of nitrogens with one attached hydrogen (secondary N) is 1. The molecule has 0 spiro atoms. The summed E-state index contributed by atoms with van der Waals surface area (Å²) in [6.45, 7) is 2.37. The van der Waals surface area contributed by atoms with Gasteiger partial charge in [-0.25, -0.2) is 9.18 Å². The van der Waals surface area contributed by atoms with Gasteiger partial charge < -0.3 is 9.47 Å². The van der Waals surface area contributed by atoms with E-state index in [1.165, 1.54) is 6.07 Å². The van der Waals surface area contributed by atoms with Gasteiger partial charge in [-0.05, 0) is 18.6 Å². The number of anilines is 1. The number of carbonyl (C=O) groups excluding carboxylic acids is 1. The first-order valence-electron chi connectivity index (χ1n) is 5.73. The fourth-order valence-corrected chi connectivity index (χ4v) is 1.73. The number of ether oxygens (including phenoxy) is 2. The Kier molecular flexibility index (Phi) is 4.21. The molecule has 1 aliphatic rings. The summed E-state index contributed by atoms with van der Waals surface area (Å²) >= 11 is 5.60. The van der Waals surface area contributed by atoms with Crippen molar-refractivity contribution in [1.29, 1.82) is 0 Å². The molecule has 102 valence electrons. The monoisotopic (exact) mass is 286 g/mol. The van der Waals surface area contributed by atoms with Crippen LogP contribution in [0.1, 0.15) is 12.5 Å². The van der Waals surface area contributed by atoms with Crippen LogP contribution in [0.15, 0.2) is 17.2 Å². The molecule has 0 aromatic heterocycles. The van der Waals surface area contributed by atoms with Crippen LogP contribution >= 0.6 is 11.6 Å². The van der Waals surface area contributed by atoms with E-state index in [2.05, 4.69) is 15.3 Å². The van der Waals surface area contributed by atoms with Gasteiger partial charge >= 0.3 is 5.97 Å². The third-order valence-corrected chi connectivity index (χ3v) is 2.74. The Morgan fingerprint density at radius 3 is 3.16 bits per heavy atom. The third-order valence-electron chi connectivity index (χ3n) is 2.50. The molecule has 2 rings (SSSR count). The van der Waals surface area contributed by atoms with Crippen LogP contribution in [-0.2, 0) is 16.0 Å². The van der Waals surface area contributed by atoms with E-state index in [4.69, 9.17) is 16.3 Å². The zero-order valence-electron chi connectivity index (χ0n) is 10.2. The molecule has 1 aromatic carbocycles. The number of rotatable bonds is 4. The standard InChI is InChI=1S/C12H12ClFN2O3/c1-2-18-12(17)11(13)16-15-9-5-7-3-4-19-10(7)6-8(9)14/h5-6,15H,2-4H2,1H3. The highest BCUT2D eigenvalue weighted by Gasteiger charge is 2.16. The second-order valence-electron chi connectivity index (χ2n) is 3.77. The van der Waals surface area contributed by atoms with Crippen LogP contribution in [0, 0.1) is 5.82 Å². The average Bonchev–Trinajstić information content (AvgIpc) is 2.82. The van der Waals surface area contributed by atoms with Crippen molar-refractivity contribution in [2.45, 2.75) is 13.3 Å². The minimum atomic E-state index is -0.762. The second kappa shape index (κ2) is 5.88. The van der Waals surface area contributed by atoms with Gasteiger partial charge in [0.05, 0.1) is 18.9 Å². The quantitative estimate of drug-likeness (QED) is 0.524. The van der Waals surface area contributed by atoms with Gasteiger partial charge in [0.25, 0.3) is 0 Å². The van der Waals surface area contributed by atoms with Gasteiger partial charge in [-0.1, -0.05) is 11.6 Å². The van der Waals surface area contributed by atoms with Gasteiger partial charge in [-0.15, -0.1) is 0 Å². The van der Waals surface area contributed by atoms with E-state index in [0.717, 1.165) is 5.56 Å². The van der Waals surface area contributed by atoms with Crippen molar-refractivity contribution in [1.82, 2.24) is 0 Å². The van der Waals surface area contributed by atoms with Crippen molar-refractivity contribution < 1.29 is 18.7 Å². The predicted molar refractivity (Wildman–Crippen MR) is 69.1 cm³/mol. The van der Waals surface area contributed by atoms with Crippen LogP contribution in [0.25, 0.3) is 0 Å². The van der Waals surface area contributed by atoms with E-state index in [-0.39, 0.29) is 12.3 Å². The number of esters is 1. The van der Waals surface area contributed by atoms with Crippen molar-refractivity contribution in [3.63, 3.8) is 0 Å². The smallest absolute Gasteiger partial charge is 0.370 e. The normalized spacial score (nSPS) is 13.7.